The Labute approximate surface area is 239 Å². The van der Waals surface area contributed by atoms with Gasteiger partial charge in [0, 0.05) is 30.6 Å². The van der Waals surface area contributed by atoms with Gasteiger partial charge in [0.25, 0.3) is 5.91 Å². The Kier molecular flexibility index (Phi) is 8.74. The molecule has 0 aliphatic rings. The number of carbonyl (C=O) groups excluding carboxylic acids is 1. The van der Waals surface area contributed by atoms with E-state index in [1.165, 1.54) is 5.56 Å². The van der Waals surface area contributed by atoms with E-state index in [1.807, 2.05) is 72.8 Å². The molecule has 0 spiro atoms. The maximum absolute atomic E-state index is 13.0. The van der Waals surface area contributed by atoms with Crippen LogP contribution in [0.2, 0.25) is 0 Å². The Morgan fingerprint density at radius 2 is 1.63 bits per heavy atom. The second-order valence-corrected chi connectivity index (χ2v) is 9.97. The van der Waals surface area contributed by atoms with E-state index < -0.39 is 6.16 Å². The maximum atomic E-state index is 13.0. The zero-order chi connectivity index (χ0) is 28.6. The summed E-state index contributed by atoms with van der Waals surface area (Å²) in [6, 6.07) is 30.9. The van der Waals surface area contributed by atoms with E-state index in [4.69, 9.17) is 14.8 Å². The molecule has 0 saturated heterocycles. The molecule has 0 radical (unpaired) electrons. The fourth-order valence-electron chi connectivity index (χ4n) is 4.94. The number of aromatic nitrogens is 2. The van der Waals surface area contributed by atoms with Crippen molar-refractivity contribution in [2.75, 3.05) is 6.54 Å². The smallest absolute Gasteiger partial charge is 0.449 e. The van der Waals surface area contributed by atoms with Crippen molar-refractivity contribution in [3.63, 3.8) is 0 Å². The van der Waals surface area contributed by atoms with Gasteiger partial charge in [-0.05, 0) is 53.8 Å². The van der Waals surface area contributed by atoms with Gasteiger partial charge in [-0.25, -0.2) is 9.78 Å². The Balaban J connectivity index is 1.38. The topological polar surface area (TPSA) is 93.5 Å². The molecule has 0 aliphatic heterocycles. The van der Waals surface area contributed by atoms with Gasteiger partial charge in [0.1, 0.15) is 11.6 Å². The number of imidazole rings is 1. The lowest BCUT2D eigenvalue weighted by Gasteiger charge is -2.12. The summed E-state index contributed by atoms with van der Waals surface area (Å²) < 4.78 is 7.16. The Bertz CT molecular complexity index is 1640. The van der Waals surface area contributed by atoms with Crippen LogP contribution in [-0.2, 0) is 19.4 Å². The van der Waals surface area contributed by atoms with Crippen molar-refractivity contribution in [1.82, 2.24) is 14.9 Å². The summed E-state index contributed by atoms with van der Waals surface area (Å²) in [6.07, 6.45) is 2.36. The molecule has 0 aliphatic carbocycles. The van der Waals surface area contributed by atoms with Crippen molar-refractivity contribution < 1.29 is 19.4 Å². The van der Waals surface area contributed by atoms with Gasteiger partial charge in [-0.2, -0.15) is 0 Å². The molecule has 0 atom stereocenters. The molecular weight excluding hydrogens is 514 g/mol. The normalized spacial score (nSPS) is 11.0. The van der Waals surface area contributed by atoms with Gasteiger partial charge < -0.3 is 19.7 Å². The molecule has 1 heterocycles. The van der Waals surface area contributed by atoms with Crippen LogP contribution in [0.15, 0.2) is 97.1 Å². The van der Waals surface area contributed by atoms with E-state index in [9.17, 15) is 9.59 Å². The first-order valence-corrected chi connectivity index (χ1v) is 13.9. The van der Waals surface area contributed by atoms with Crippen LogP contribution in [-0.4, -0.2) is 33.3 Å². The number of hydrogen-bond donors (Lipinski definition) is 2. The first kappa shape index (κ1) is 27.6. The first-order chi connectivity index (χ1) is 20.0. The number of hydrogen-bond acceptors (Lipinski definition) is 4. The SMILES string of the molecule is CCCCc1nc2ccc(C(=O)NCCc3ccccc3)cc2n1Cc1ccc(-c2ccccc2OC(=O)O)cc1. The standard InChI is InChI=1S/C34H33N3O4/c1-2-3-13-32-36-29-19-18-27(33(38)35-21-20-24-9-5-4-6-10-24)22-30(29)37(32)23-25-14-16-26(17-15-25)28-11-7-8-12-31(28)41-34(39)40/h4-12,14-19,22H,2-3,13,20-21,23H2,1H3,(H,35,38)(H,39,40). The van der Waals surface area contributed by atoms with Crippen molar-refractivity contribution in [3.8, 4) is 16.9 Å². The first-order valence-electron chi connectivity index (χ1n) is 13.9. The number of unbranched alkanes of at least 4 members (excludes halogenated alkanes) is 1. The number of fused-ring (bicyclic) bond motifs is 1. The van der Waals surface area contributed by atoms with Crippen LogP contribution in [0.4, 0.5) is 4.79 Å². The molecule has 0 fully saturated rings. The predicted octanol–water partition coefficient (Wildman–Crippen LogP) is 7.12. The molecule has 0 bridgehead atoms. The van der Waals surface area contributed by atoms with Crippen molar-refractivity contribution >= 4 is 23.1 Å². The molecule has 1 aromatic heterocycles. The Morgan fingerprint density at radius 1 is 0.878 bits per heavy atom. The highest BCUT2D eigenvalue weighted by Gasteiger charge is 2.15. The van der Waals surface area contributed by atoms with Crippen molar-refractivity contribution in [1.29, 1.82) is 0 Å². The zero-order valence-electron chi connectivity index (χ0n) is 23.0. The molecule has 7 nitrogen and oxygen atoms in total. The fraction of sp³-hybridized carbons (Fsp3) is 0.206. The predicted molar refractivity (Wildman–Crippen MR) is 160 cm³/mol. The van der Waals surface area contributed by atoms with E-state index in [-0.39, 0.29) is 5.91 Å². The number of carboxylic acid groups (broad SMARTS) is 1. The summed E-state index contributed by atoms with van der Waals surface area (Å²) in [4.78, 5) is 29.0. The van der Waals surface area contributed by atoms with Gasteiger partial charge in [-0.1, -0.05) is 86.1 Å². The number of para-hydroxylation sites is 1. The third kappa shape index (κ3) is 6.81. The van der Waals surface area contributed by atoms with Crippen LogP contribution in [0.25, 0.3) is 22.2 Å². The number of nitrogens with one attached hydrogen (secondary N) is 1. The summed E-state index contributed by atoms with van der Waals surface area (Å²) in [5, 5.41) is 12.1. The molecule has 41 heavy (non-hydrogen) atoms. The van der Waals surface area contributed by atoms with Crippen molar-refractivity contribution in [2.24, 2.45) is 0 Å². The van der Waals surface area contributed by atoms with Crippen LogP contribution in [0.1, 0.15) is 47.1 Å². The van der Waals surface area contributed by atoms with Crippen molar-refractivity contribution in [2.45, 2.75) is 39.2 Å². The third-order valence-electron chi connectivity index (χ3n) is 7.08. The number of nitrogens with zero attached hydrogens (tertiary/aromatic N) is 2. The summed E-state index contributed by atoms with van der Waals surface area (Å²) in [6.45, 7) is 3.33. The molecule has 208 valence electrons. The van der Waals surface area contributed by atoms with Gasteiger partial charge in [0.15, 0.2) is 0 Å². The number of benzene rings is 4. The number of ether oxygens (including phenoxy) is 1. The van der Waals surface area contributed by atoms with Crippen LogP contribution >= 0.6 is 0 Å². The van der Waals surface area contributed by atoms with Crippen LogP contribution < -0.4 is 10.1 Å². The number of amides is 1. The van der Waals surface area contributed by atoms with Crippen LogP contribution in [0, 0.1) is 0 Å². The minimum Gasteiger partial charge on any atom is -0.449 e. The minimum atomic E-state index is -1.34. The molecular formula is C34H33N3O4. The molecule has 0 unspecified atom stereocenters. The number of rotatable bonds is 11. The van der Waals surface area contributed by atoms with E-state index in [1.54, 1.807) is 12.1 Å². The average molecular weight is 548 g/mol. The van der Waals surface area contributed by atoms with Gasteiger partial charge in [0.2, 0.25) is 0 Å². The highest BCUT2D eigenvalue weighted by molar-refractivity contribution is 5.97. The lowest BCUT2D eigenvalue weighted by molar-refractivity contribution is 0.0954. The van der Waals surface area contributed by atoms with Gasteiger partial charge in [-0.15, -0.1) is 0 Å². The third-order valence-corrected chi connectivity index (χ3v) is 7.08. The van der Waals surface area contributed by atoms with Crippen LogP contribution in [0.3, 0.4) is 0 Å². The summed E-state index contributed by atoms with van der Waals surface area (Å²) in [7, 11) is 0. The maximum Gasteiger partial charge on any atom is 0.511 e. The van der Waals surface area contributed by atoms with Crippen LogP contribution in [0.5, 0.6) is 5.75 Å². The van der Waals surface area contributed by atoms with Gasteiger partial charge in [-0.3, -0.25) is 4.79 Å². The highest BCUT2D eigenvalue weighted by Crippen LogP contribution is 2.30. The molecule has 5 rings (SSSR count). The Morgan fingerprint density at radius 3 is 2.39 bits per heavy atom. The second kappa shape index (κ2) is 13.0. The molecule has 2 N–H and O–H groups in total. The zero-order valence-corrected chi connectivity index (χ0v) is 23.0. The largest absolute Gasteiger partial charge is 0.511 e. The highest BCUT2D eigenvalue weighted by atomic mass is 16.7. The van der Waals surface area contributed by atoms with E-state index in [2.05, 4.69) is 28.9 Å². The van der Waals surface area contributed by atoms with Crippen molar-refractivity contribution in [3.05, 3.63) is 120 Å². The van der Waals surface area contributed by atoms with E-state index in [0.29, 0.717) is 30.0 Å². The molecule has 7 heteroatoms. The quantitative estimate of drug-likeness (QED) is 0.136. The summed E-state index contributed by atoms with van der Waals surface area (Å²) in [5.41, 5.74) is 6.23. The summed E-state index contributed by atoms with van der Waals surface area (Å²) in [5.74, 6) is 1.19. The van der Waals surface area contributed by atoms with Gasteiger partial charge >= 0.3 is 6.16 Å². The monoisotopic (exact) mass is 547 g/mol. The lowest BCUT2D eigenvalue weighted by Crippen LogP contribution is -2.25. The summed E-state index contributed by atoms with van der Waals surface area (Å²) >= 11 is 0. The number of aryl methyl sites for hydroxylation is 1. The molecule has 1 amide bonds. The molecule has 5 aromatic rings. The van der Waals surface area contributed by atoms with E-state index >= 15 is 0 Å². The molecule has 0 saturated carbocycles. The molecule has 4 aromatic carbocycles. The Hall–Kier alpha value is -4.91. The number of carbonyl (C=O) groups is 2. The van der Waals surface area contributed by atoms with Gasteiger partial charge in [0.05, 0.1) is 11.0 Å². The fourth-order valence-corrected chi connectivity index (χ4v) is 4.94. The lowest BCUT2D eigenvalue weighted by atomic mass is 10.0. The minimum absolute atomic E-state index is 0.0997. The average Bonchev–Trinajstić information content (AvgIpc) is 3.33. The van der Waals surface area contributed by atoms with E-state index in [0.717, 1.165) is 53.7 Å². The second-order valence-electron chi connectivity index (χ2n) is 9.97.